The van der Waals surface area contributed by atoms with E-state index in [9.17, 15) is 10.2 Å². The Balaban J connectivity index is 2.00. The SMILES string of the molecule is C[C@@H]1CN(N2C[C@@H](N)[C@H](O)[C@@H](C)C2)C[C@@H](N)[C@H]1O. The number of nitrogens with two attached hydrogens (primary N) is 2. The molecule has 0 radical (unpaired) electrons. The summed E-state index contributed by atoms with van der Waals surface area (Å²) in [6.45, 7) is 6.93. The molecule has 0 aromatic heterocycles. The van der Waals surface area contributed by atoms with Crippen molar-refractivity contribution in [3.05, 3.63) is 0 Å². The van der Waals surface area contributed by atoms with Gasteiger partial charge in [0.25, 0.3) is 0 Å². The molecule has 0 amide bonds. The van der Waals surface area contributed by atoms with Crippen LogP contribution in [0.2, 0.25) is 0 Å². The number of hydrogen-bond acceptors (Lipinski definition) is 6. The van der Waals surface area contributed by atoms with Crippen LogP contribution in [0.15, 0.2) is 0 Å². The van der Waals surface area contributed by atoms with Crippen molar-refractivity contribution in [1.82, 2.24) is 10.0 Å². The van der Waals surface area contributed by atoms with Crippen LogP contribution in [0.1, 0.15) is 13.8 Å². The van der Waals surface area contributed by atoms with Gasteiger partial charge in [0.05, 0.1) is 12.2 Å². The summed E-state index contributed by atoms with van der Waals surface area (Å²) in [5, 5.41) is 24.1. The van der Waals surface area contributed by atoms with Crippen molar-refractivity contribution in [2.24, 2.45) is 23.3 Å². The lowest BCUT2D eigenvalue weighted by Gasteiger charge is -2.48. The average molecular weight is 258 g/mol. The fourth-order valence-corrected chi connectivity index (χ4v) is 3.04. The number of nitrogens with zero attached hydrogens (tertiary/aromatic N) is 2. The van der Waals surface area contributed by atoms with E-state index in [0.29, 0.717) is 13.1 Å². The Morgan fingerprint density at radius 3 is 1.39 bits per heavy atom. The van der Waals surface area contributed by atoms with Gasteiger partial charge in [-0.15, -0.1) is 0 Å². The summed E-state index contributed by atoms with van der Waals surface area (Å²) in [7, 11) is 0. The van der Waals surface area contributed by atoms with Gasteiger partial charge in [0.15, 0.2) is 0 Å². The van der Waals surface area contributed by atoms with Crippen LogP contribution in [-0.2, 0) is 0 Å². The molecule has 0 unspecified atom stereocenters. The molecule has 2 rings (SSSR count). The summed E-state index contributed by atoms with van der Waals surface area (Å²) in [5.74, 6) is 0.319. The van der Waals surface area contributed by atoms with Gasteiger partial charge in [-0.05, 0) is 11.8 Å². The third kappa shape index (κ3) is 2.68. The highest BCUT2D eigenvalue weighted by atomic mass is 16.3. The molecule has 6 heteroatoms. The third-order valence-electron chi connectivity index (χ3n) is 4.28. The van der Waals surface area contributed by atoms with E-state index in [1.165, 1.54) is 0 Å². The van der Waals surface area contributed by atoms with E-state index in [-0.39, 0.29) is 23.9 Å². The molecular weight excluding hydrogens is 232 g/mol. The lowest BCUT2D eigenvalue weighted by molar-refractivity contribution is -0.132. The molecule has 18 heavy (non-hydrogen) atoms. The molecular formula is C12H26N4O2. The quantitative estimate of drug-likeness (QED) is 0.442. The van der Waals surface area contributed by atoms with Gasteiger partial charge in [-0.25, -0.2) is 10.0 Å². The number of hydrogen-bond donors (Lipinski definition) is 4. The first-order valence-electron chi connectivity index (χ1n) is 6.77. The Labute approximate surface area is 109 Å². The molecule has 0 saturated carbocycles. The van der Waals surface area contributed by atoms with Gasteiger partial charge in [0.2, 0.25) is 0 Å². The topological polar surface area (TPSA) is 99.0 Å². The second-order valence-electron chi connectivity index (χ2n) is 6.01. The van der Waals surface area contributed by atoms with E-state index in [4.69, 9.17) is 11.5 Å². The predicted molar refractivity (Wildman–Crippen MR) is 69.4 cm³/mol. The molecule has 0 aliphatic carbocycles. The van der Waals surface area contributed by atoms with Crippen LogP contribution >= 0.6 is 0 Å². The monoisotopic (exact) mass is 258 g/mol. The number of hydrazine groups is 1. The molecule has 6 N–H and O–H groups in total. The zero-order valence-corrected chi connectivity index (χ0v) is 11.2. The van der Waals surface area contributed by atoms with Gasteiger partial charge >= 0.3 is 0 Å². The van der Waals surface area contributed by atoms with Crippen molar-refractivity contribution >= 4 is 0 Å². The molecule has 6 nitrogen and oxygen atoms in total. The van der Waals surface area contributed by atoms with Crippen LogP contribution in [0.4, 0.5) is 0 Å². The molecule has 2 saturated heterocycles. The van der Waals surface area contributed by atoms with Crippen LogP contribution in [0.5, 0.6) is 0 Å². The summed E-state index contributed by atoms with van der Waals surface area (Å²) in [6.07, 6.45) is -0.856. The van der Waals surface area contributed by atoms with Crippen molar-refractivity contribution in [3.63, 3.8) is 0 Å². The van der Waals surface area contributed by atoms with Crippen LogP contribution in [0, 0.1) is 11.8 Å². The summed E-state index contributed by atoms with van der Waals surface area (Å²) < 4.78 is 0. The average Bonchev–Trinajstić information content (AvgIpc) is 2.31. The molecule has 0 bridgehead atoms. The Bertz CT molecular complexity index is 239. The lowest BCUT2D eigenvalue weighted by atomic mass is 9.92. The van der Waals surface area contributed by atoms with Crippen molar-refractivity contribution in [3.8, 4) is 0 Å². The van der Waals surface area contributed by atoms with E-state index in [1.54, 1.807) is 0 Å². The zero-order valence-electron chi connectivity index (χ0n) is 11.2. The molecule has 0 aromatic carbocycles. The van der Waals surface area contributed by atoms with Gasteiger partial charge in [0, 0.05) is 38.3 Å². The fraction of sp³-hybridized carbons (Fsp3) is 1.00. The van der Waals surface area contributed by atoms with Crippen molar-refractivity contribution in [2.45, 2.75) is 38.1 Å². The number of aliphatic hydroxyl groups is 2. The zero-order chi connectivity index (χ0) is 13.4. The fourth-order valence-electron chi connectivity index (χ4n) is 3.04. The molecule has 0 aromatic rings. The molecule has 2 aliphatic rings. The third-order valence-corrected chi connectivity index (χ3v) is 4.28. The number of piperidine rings is 2. The Kier molecular flexibility index (Phi) is 4.25. The highest BCUT2D eigenvalue weighted by molar-refractivity contribution is 4.91. The van der Waals surface area contributed by atoms with Gasteiger partial charge in [-0.2, -0.15) is 0 Å². The van der Waals surface area contributed by atoms with E-state index in [1.807, 2.05) is 13.8 Å². The summed E-state index contributed by atoms with van der Waals surface area (Å²) >= 11 is 0. The highest BCUT2D eigenvalue weighted by Crippen LogP contribution is 2.22. The number of aliphatic hydroxyl groups excluding tert-OH is 2. The van der Waals surface area contributed by atoms with Crippen LogP contribution in [0.3, 0.4) is 0 Å². The van der Waals surface area contributed by atoms with Crippen LogP contribution < -0.4 is 11.5 Å². The largest absolute Gasteiger partial charge is 0.391 e. The van der Waals surface area contributed by atoms with E-state index in [2.05, 4.69) is 10.0 Å². The van der Waals surface area contributed by atoms with Gasteiger partial charge in [-0.3, -0.25) is 0 Å². The van der Waals surface area contributed by atoms with Gasteiger partial charge < -0.3 is 21.7 Å². The maximum Gasteiger partial charge on any atom is 0.0742 e. The molecule has 2 heterocycles. The van der Waals surface area contributed by atoms with E-state index in [0.717, 1.165) is 13.1 Å². The van der Waals surface area contributed by atoms with Crippen molar-refractivity contribution < 1.29 is 10.2 Å². The molecule has 6 atom stereocenters. The van der Waals surface area contributed by atoms with E-state index < -0.39 is 12.2 Å². The number of rotatable bonds is 1. The van der Waals surface area contributed by atoms with E-state index >= 15 is 0 Å². The first-order chi connectivity index (χ1) is 8.40. The minimum atomic E-state index is -0.428. The Morgan fingerprint density at radius 2 is 1.11 bits per heavy atom. The smallest absolute Gasteiger partial charge is 0.0742 e. The second kappa shape index (κ2) is 5.40. The minimum absolute atomic E-state index is 0.159. The molecule has 2 fully saturated rings. The Hall–Kier alpha value is -0.240. The first-order valence-corrected chi connectivity index (χ1v) is 6.77. The molecule has 106 valence electrons. The minimum Gasteiger partial charge on any atom is -0.391 e. The van der Waals surface area contributed by atoms with Crippen molar-refractivity contribution in [2.75, 3.05) is 26.2 Å². The summed E-state index contributed by atoms with van der Waals surface area (Å²) in [5.41, 5.74) is 11.9. The maximum atomic E-state index is 9.87. The van der Waals surface area contributed by atoms with Gasteiger partial charge in [-0.1, -0.05) is 13.8 Å². The Morgan fingerprint density at radius 1 is 0.778 bits per heavy atom. The lowest BCUT2D eigenvalue weighted by Crippen LogP contribution is -2.65. The van der Waals surface area contributed by atoms with Gasteiger partial charge in [0.1, 0.15) is 0 Å². The maximum absolute atomic E-state index is 9.87. The highest BCUT2D eigenvalue weighted by Gasteiger charge is 2.38. The second-order valence-corrected chi connectivity index (χ2v) is 6.01. The van der Waals surface area contributed by atoms with Crippen LogP contribution in [0.25, 0.3) is 0 Å². The standard InChI is InChI=1S/C12H26N4O2/c1-7-3-15(5-9(13)11(7)17)16-4-8(2)12(18)10(14)6-16/h7-12,17-18H,3-6,13-14H2,1-2H3/t7-,8+,9-,10-,11+,12-/m1/s1. The van der Waals surface area contributed by atoms with Crippen molar-refractivity contribution in [1.29, 1.82) is 0 Å². The predicted octanol–water partition coefficient (Wildman–Crippen LogP) is -1.82. The molecule has 0 spiro atoms. The first kappa shape index (κ1) is 14.2. The normalized spacial score (nSPS) is 48.3. The van der Waals surface area contributed by atoms with Crippen LogP contribution in [-0.4, -0.2) is 70.7 Å². The summed E-state index contributed by atoms with van der Waals surface area (Å²) in [4.78, 5) is 0. The molecule has 2 aliphatic heterocycles. The summed E-state index contributed by atoms with van der Waals surface area (Å²) in [6, 6.07) is -0.431.